The maximum atomic E-state index is 11.5. The van der Waals surface area contributed by atoms with Gasteiger partial charge in [-0.2, -0.15) is 5.10 Å². The van der Waals surface area contributed by atoms with E-state index in [0.717, 1.165) is 11.4 Å². The van der Waals surface area contributed by atoms with Crippen molar-refractivity contribution in [3.05, 3.63) is 66.6 Å². The number of hydrazone groups is 1. The molecular formula is C16H17N3O2. The van der Waals surface area contributed by atoms with Gasteiger partial charge in [0.25, 0.3) is 5.91 Å². The number of nitrogens with zero attached hydrogens (tertiary/aromatic N) is 1. The number of rotatable bonds is 7. The fourth-order valence-corrected chi connectivity index (χ4v) is 1.60. The predicted octanol–water partition coefficient (Wildman–Crippen LogP) is 2.59. The smallest absolute Gasteiger partial charge is 0.259 e. The van der Waals surface area contributed by atoms with Gasteiger partial charge in [-0.15, -0.1) is 0 Å². The average Bonchev–Trinajstić information content (AvgIpc) is 3.03. The molecule has 21 heavy (non-hydrogen) atoms. The van der Waals surface area contributed by atoms with Crippen molar-refractivity contribution < 1.29 is 9.21 Å². The zero-order chi connectivity index (χ0) is 14.8. The van der Waals surface area contributed by atoms with Gasteiger partial charge in [0.2, 0.25) is 0 Å². The Bertz CT molecular complexity index is 589. The Kier molecular flexibility index (Phi) is 5.81. The van der Waals surface area contributed by atoms with Gasteiger partial charge in [0.15, 0.2) is 0 Å². The van der Waals surface area contributed by atoms with Crippen molar-refractivity contribution in [2.24, 2.45) is 5.10 Å². The molecule has 5 heteroatoms. The van der Waals surface area contributed by atoms with Crippen molar-refractivity contribution >= 4 is 17.8 Å². The second-order valence-electron chi connectivity index (χ2n) is 4.24. The highest BCUT2D eigenvalue weighted by atomic mass is 16.3. The number of amides is 1. The number of carbonyl (C=O) groups is 1. The van der Waals surface area contributed by atoms with E-state index in [2.05, 4.69) is 15.8 Å². The molecule has 0 saturated carbocycles. The van der Waals surface area contributed by atoms with Crippen LogP contribution in [0.1, 0.15) is 5.76 Å². The highest BCUT2D eigenvalue weighted by molar-refractivity contribution is 5.82. The van der Waals surface area contributed by atoms with Gasteiger partial charge >= 0.3 is 0 Å². The zero-order valence-corrected chi connectivity index (χ0v) is 11.5. The predicted molar refractivity (Wildman–Crippen MR) is 83.1 cm³/mol. The fourth-order valence-electron chi connectivity index (χ4n) is 1.60. The van der Waals surface area contributed by atoms with Crippen molar-refractivity contribution in [1.29, 1.82) is 0 Å². The summed E-state index contributed by atoms with van der Waals surface area (Å²) in [7, 11) is 0. The third kappa shape index (κ3) is 5.78. The molecular weight excluding hydrogens is 266 g/mol. The maximum Gasteiger partial charge on any atom is 0.259 e. The average molecular weight is 283 g/mol. The van der Waals surface area contributed by atoms with Gasteiger partial charge < -0.3 is 9.73 Å². The van der Waals surface area contributed by atoms with E-state index < -0.39 is 0 Å². The lowest BCUT2D eigenvalue weighted by Gasteiger charge is -2.03. The molecule has 0 fully saturated rings. The van der Waals surface area contributed by atoms with E-state index in [1.54, 1.807) is 12.3 Å². The monoisotopic (exact) mass is 283 g/mol. The van der Waals surface area contributed by atoms with Gasteiger partial charge in [-0.1, -0.05) is 24.3 Å². The number of nitrogens with one attached hydrogen (secondary N) is 2. The Morgan fingerprint density at radius 2 is 2.05 bits per heavy atom. The lowest BCUT2D eigenvalue weighted by atomic mass is 10.3. The minimum atomic E-state index is -0.200. The van der Waals surface area contributed by atoms with E-state index in [1.165, 1.54) is 6.21 Å². The summed E-state index contributed by atoms with van der Waals surface area (Å²) in [5.41, 5.74) is 3.34. The molecule has 0 radical (unpaired) electrons. The molecule has 2 rings (SSSR count). The molecule has 0 saturated heterocycles. The first-order chi connectivity index (χ1) is 10.3. The van der Waals surface area contributed by atoms with E-state index >= 15 is 0 Å². The molecule has 0 aliphatic rings. The van der Waals surface area contributed by atoms with Crippen LogP contribution in [-0.4, -0.2) is 18.7 Å². The SMILES string of the molecule is O=C(CNc1ccccc1)NN=C/C=C\Cc1ccco1. The van der Waals surface area contributed by atoms with E-state index in [1.807, 2.05) is 48.5 Å². The van der Waals surface area contributed by atoms with Crippen LogP contribution < -0.4 is 10.7 Å². The molecule has 2 N–H and O–H groups in total. The molecule has 0 spiro atoms. The molecule has 1 amide bonds. The van der Waals surface area contributed by atoms with Gasteiger partial charge in [0.1, 0.15) is 5.76 Å². The Balaban J connectivity index is 1.62. The van der Waals surface area contributed by atoms with Crippen molar-refractivity contribution in [2.45, 2.75) is 6.42 Å². The highest BCUT2D eigenvalue weighted by Gasteiger charge is 1.97. The van der Waals surface area contributed by atoms with Crippen molar-refractivity contribution in [3.63, 3.8) is 0 Å². The van der Waals surface area contributed by atoms with Crippen LogP contribution in [0, 0.1) is 0 Å². The molecule has 108 valence electrons. The quantitative estimate of drug-likeness (QED) is 0.606. The first-order valence-electron chi connectivity index (χ1n) is 6.63. The van der Waals surface area contributed by atoms with E-state index in [0.29, 0.717) is 6.42 Å². The lowest BCUT2D eigenvalue weighted by Crippen LogP contribution is -2.25. The topological polar surface area (TPSA) is 66.6 Å². The molecule has 0 atom stereocenters. The molecule has 0 unspecified atom stereocenters. The fraction of sp³-hybridized carbons (Fsp3) is 0.125. The number of carbonyl (C=O) groups excluding carboxylic acids is 1. The summed E-state index contributed by atoms with van der Waals surface area (Å²) in [5.74, 6) is 0.685. The van der Waals surface area contributed by atoms with Crippen molar-refractivity contribution in [2.75, 3.05) is 11.9 Å². The third-order valence-corrected chi connectivity index (χ3v) is 2.61. The molecule has 0 bridgehead atoms. The molecule has 1 aromatic heterocycles. The van der Waals surface area contributed by atoms with Gasteiger partial charge in [-0.05, 0) is 30.3 Å². The number of benzene rings is 1. The number of hydrogen-bond acceptors (Lipinski definition) is 4. The van der Waals surface area contributed by atoms with Gasteiger partial charge in [-0.3, -0.25) is 4.79 Å². The Hall–Kier alpha value is -2.82. The van der Waals surface area contributed by atoms with Gasteiger partial charge in [-0.25, -0.2) is 5.43 Å². The summed E-state index contributed by atoms with van der Waals surface area (Å²) in [6, 6.07) is 13.3. The molecule has 0 aliphatic carbocycles. The summed E-state index contributed by atoms with van der Waals surface area (Å²) in [5, 5.41) is 6.82. The Morgan fingerprint density at radius 1 is 1.19 bits per heavy atom. The van der Waals surface area contributed by atoms with E-state index in [4.69, 9.17) is 4.42 Å². The minimum absolute atomic E-state index is 0.178. The van der Waals surface area contributed by atoms with Crippen LogP contribution >= 0.6 is 0 Å². The summed E-state index contributed by atoms with van der Waals surface area (Å²) in [4.78, 5) is 11.5. The van der Waals surface area contributed by atoms with Gasteiger partial charge in [0.05, 0.1) is 12.8 Å². The number of anilines is 1. The van der Waals surface area contributed by atoms with Crippen molar-refractivity contribution in [3.8, 4) is 0 Å². The summed E-state index contributed by atoms with van der Waals surface area (Å²) in [6.45, 7) is 0.178. The minimum Gasteiger partial charge on any atom is -0.469 e. The Morgan fingerprint density at radius 3 is 2.81 bits per heavy atom. The second kappa shape index (κ2) is 8.37. The first-order valence-corrected chi connectivity index (χ1v) is 6.63. The second-order valence-corrected chi connectivity index (χ2v) is 4.24. The molecule has 1 aromatic carbocycles. The Labute approximate surface area is 123 Å². The van der Waals surface area contributed by atoms with Crippen LogP contribution in [-0.2, 0) is 11.2 Å². The van der Waals surface area contributed by atoms with Crippen molar-refractivity contribution in [1.82, 2.24) is 5.43 Å². The largest absolute Gasteiger partial charge is 0.469 e. The van der Waals surface area contributed by atoms with E-state index in [-0.39, 0.29) is 12.5 Å². The van der Waals surface area contributed by atoms with Gasteiger partial charge in [0, 0.05) is 18.3 Å². The highest BCUT2D eigenvalue weighted by Crippen LogP contribution is 2.03. The molecule has 1 heterocycles. The van der Waals surface area contributed by atoms with Crippen LogP contribution in [0.5, 0.6) is 0 Å². The number of allylic oxidation sites excluding steroid dienone is 2. The number of hydrogen-bond donors (Lipinski definition) is 2. The zero-order valence-electron chi connectivity index (χ0n) is 11.5. The first kappa shape index (κ1) is 14.6. The van der Waals surface area contributed by atoms with Crippen LogP contribution in [0.2, 0.25) is 0 Å². The molecule has 5 nitrogen and oxygen atoms in total. The summed E-state index contributed by atoms with van der Waals surface area (Å²) in [6.07, 6.45) is 7.52. The summed E-state index contributed by atoms with van der Waals surface area (Å²) < 4.78 is 5.18. The van der Waals surface area contributed by atoms with Crippen LogP contribution in [0.4, 0.5) is 5.69 Å². The lowest BCUT2D eigenvalue weighted by molar-refractivity contribution is -0.119. The third-order valence-electron chi connectivity index (χ3n) is 2.61. The number of para-hydroxylation sites is 1. The van der Waals surface area contributed by atoms with Crippen LogP contribution in [0.3, 0.4) is 0 Å². The molecule has 2 aromatic rings. The van der Waals surface area contributed by atoms with Crippen LogP contribution in [0.25, 0.3) is 0 Å². The molecule has 0 aliphatic heterocycles. The van der Waals surface area contributed by atoms with E-state index in [9.17, 15) is 4.79 Å². The normalized spacial score (nSPS) is 11.0. The van der Waals surface area contributed by atoms with Crippen LogP contribution in [0.15, 0.2) is 70.4 Å². The standard InChI is InChI=1S/C16H17N3O2/c20-16(13-17-14-7-2-1-3-8-14)19-18-11-5-4-9-15-10-6-12-21-15/h1-8,10-12,17H,9,13H2,(H,19,20)/b5-4-,18-11?. The number of furan rings is 1. The summed E-state index contributed by atoms with van der Waals surface area (Å²) >= 11 is 0. The maximum absolute atomic E-state index is 11.5.